The van der Waals surface area contributed by atoms with Gasteiger partial charge in [0.15, 0.2) is 5.82 Å². The Hall–Kier alpha value is -4.71. The highest BCUT2D eigenvalue weighted by atomic mass is 35.5. The number of nitrogens with zero attached hydrogens (tertiary/aromatic N) is 7. The number of halogens is 1. The average Bonchev–Trinajstić information content (AvgIpc) is 3.68. The van der Waals surface area contributed by atoms with Gasteiger partial charge in [-0.3, -0.25) is 24.2 Å². The second-order valence-corrected chi connectivity index (χ2v) is 14.2. The highest BCUT2D eigenvalue weighted by Gasteiger charge is 2.34. The lowest BCUT2D eigenvalue weighted by molar-refractivity contribution is -0.143. The maximum absolute atomic E-state index is 11.6. The summed E-state index contributed by atoms with van der Waals surface area (Å²) in [4.78, 5) is 30.7. The maximum Gasteiger partial charge on any atom is 0.305 e. The van der Waals surface area contributed by atoms with Crippen molar-refractivity contribution in [3.05, 3.63) is 128 Å². The van der Waals surface area contributed by atoms with Gasteiger partial charge in [-0.2, -0.15) is 0 Å². The normalized spacial score (nSPS) is 15.7. The van der Waals surface area contributed by atoms with Crippen LogP contribution in [0.3, 0.4) is 0 Å². The number of rotatable bonds is 12. The van der Waals surface area contributed by atoms with E-state index in [1.165, 1.54) is 16.0 Å². The molecule has 2 aromatic carbocycles. The van der Waals surface area contributed by atoms with E-state index in [0.717, 1.165) is 76.4 Å². The Morgan fingerprint density at radius 1 is 1.06 bits per heavy atom. The van der Waals surface area contributed by atoms with Crippen molar-refractivity contribution in [3.63, 3.8) is 0 Å². The van der Waals surface area contributed by atoms with Crippen LogP contribution in [0, 0.1) is 6.92 Å². The SMILES string of the molecule is CCOC(=O)CCCCO/N=C(/c1ccc(CN2CCc3c(sc4c3C(c3ccccc3Cl)=NC(C)c3nnc(C)n3-4)C2)cc1)c1cccnc1. The van der Waals surface area contributed by atoms with Gasteiger partial charge in [-0.1, -0.05) is 59.2 Å². The number of aryl methyl sites for hydroxylation is 1. The molecule has 51 heavy (non-hydrogen) atoms. The summed E-state index contributed by atoms with van der Waals surface area (Å²) in [6.07, 6.45) is 6.21. The van der Waals surface area contributed by atoms with Gasteiger partial charge < -0.3 is 9.57 Å². The molecule has 0 bridgehead atoms. The van der Waals surface area contributed by atoms with Crippen LogP contribution in [0.2, 0.25) is 5.02 Å². The van der Waals surface area contributed by atoms with Gasteiger partial charge in [0.05, 0.1) is 12.3 Å². The van der Waals surface area contributed by atoms with Crippen molar-refractivity contribution in [2.75, 3.05) is 19.8 Å². The molecule has 2 aliphatic rings. The third-order valence-corrected chi connectivity index (χ3v) is 10.7. The summed E-state index contributed by atoms with van der Waals surface area (Å²) < 4.78 is 7.19. The van der Waals surface area contributed by atoms with Crippen LogP contribution in [0.4, 0.5) is 0 Å². The molecule has 1 atom stereocenters. The lowest BCUT2D eigenvalue weighted by Crippen LogP contribution is -2.30. The van der Waals surface area contributed by atoms with Crippen molar-refractivity contribution < 1.29 is 14.4 Å². The van der Waals surface area contributed by atoms with Crippen LogP contribution in [0.1, 0.15) is 89.1 Å². The average molecular weight is 722 g/mol. The Kier molecular flexibility index (Phi) is 10.7. The zero-order valence-corrected chi connectivity index (χ0v) is 30.6. The Bertz CT molecular complexity index is 2070. The first-order valence-corrected chi connectivity index (χ1v) is 18.6. The van der Waals surface area contributed by atoms with E-state index in [1.54, 1.807) is 12.4 Å². The van der Waals surface area contributed by atoms with Crippen LogP contribution in [-0.2, 0) is 33.9 Å². The molecule has 3 aromatic heterocycles. The van der Waals surface area contributed by atoms with Gasteiger partial charge in [0, 0.05) is 70.6 Å². The van der Waals surface area contributed by atoms with E-state index in [-0.39, 0.29) is 12.0 Å². The Morgan fingerprint density at radius 3 is 2.69 bits per heavy atom. The smallest absolute Gasteiger partial charge is 0.305 e. The van der Waals surface area contributed by atoms with Gasteiger partial charge in [-0.05, 0) is 69.4 Å². The molecule has 1 unspecified atom stereocenters. The van der Waals surface area contributed by atoms with Gasteiger partial charge in [0.2, 0.25) is 0 Å². The summed E-state index contributed by atoms with van der Waals surface area (Å²) in [5, 5.41) is 15.3. The fourth-order valence-electron chi connectivity index (χ4n) is 6.63. The highest BCUT2D eigenvalue weighted by Crippen LogP contribution is 2.42. The predicted molar refractivity (Wildman–Crippen MR) is 200 cm³/mol. The van der Waals surface area contributed by atoms with E-state index in [0.29, 0.717) is 37.5 Å². The van der Waals surface area contributed by atoms with Crippen LogP contribution < -0.4 is 0 Å². The minimum atomic E-state index is -0.181. The van der Waals surface area contributed by atoms with E-state index >= 15 is 0 Å². The van der Waals surface area contributed by atoms with E-state index in [4.69, 9.17) is 26.2 Å². The topological polar surface area (TPSA) is 107 Å². The zero-order valence-electron chi connectivity index (χ0n) is 29.0. The number of esters is 1. The van der Waals surface area contributed by atoms with Crippen LogP contribution in [0.15, 0.2) is 83.2 Å². The van der Waals surface area contributed by atoms with E-state index in [9.17, 15) is 4.79 Å². The highest BCUT2D eigenvalue weighted by molar-refractivity contribution is 7.15. The zero-order chi connectivity index (χ0) is 35.3. The number of aliphatic imine (C=N–C) groups is 1. The fraction of sp³-hybridized carbons (Fsp3) is 0.333. The molecule has 0 N–H and O–H groups in total. The Labute approximate surface area is 306 Å². The monoisotopic (exact) mass is 721 g/mol. The summed E-state index contributed by atoms with van der Waals surface area (Å²) in [5.41, 5.74) is 8.13. The maximum atomic E-state index is 11.6. The summed E-state index contributed by atoms with van der Waals surface area (Å²) in [7, 11) is 0. The number of hydrogen-bond acceptors (Lipinski definition) is 10. The number of benzene rings is 2. The second-order valence-electron chi connectivity index (χ2n) is 12.7. The second kappa shape index (κ2) is 15.7. The van der Waals surface area contributed by atoms with Crippen molar-refractivity contribution in [2.24, 2.45) is 10.1 Å². The van der Waals surface area contributed by atoms with Crippen LogP contribution in [0.5, 0.6) is 0 Å². The predicted octanol–water partition coefficient (Wildman–Crippen LogP) is 7.66. The first-order valence-electron chi connectivity index (χ1n) is 17.4. The molecule has 0 spiro atoms. The van der Waals surface area contributed by atoms with E-state index < -0.39 is 0 Å². The van der Waals surface area contributed by atoms with Gasteiger partial charge in [0.25, 0.3) is 0 Å². The number of aromatic nitrogens is 4. The fourth-order valence-corrected chi connectivity index (χ4v) is 8.30. The molecule has 0 saturated carbocycles. The molecular weight excluding hydrogens is 682 g/mol. The molecule has 7 rings (SSSR count). The first-order chi connectivity index (χ1) is 24.9. The van der Waals surface area contributed by atoms with Crippen LogP contribution >= 0.6 is 22.9 Å². The molecule has 0 amide bonds. The molecule has 5 heterocycles. The summed E-state index contributed by atoms with van der Waals surface area (Å²) in [6, 6.07) is 20.2. The minimum Gasteiger partial charge on any atom is -0.466 e. The van der Waals surface area contributed by atoms with Crippen LogP contribution in [0.25, 0.3) is 5.00 Å². The van der Waals surface area contributed by atoms with Crippen molar-refractivity contribution >= 4 is 40.3 Å². The quantitative estimate of drug-likeness (QED) is 0.0564. The number of hydrogen-bond donors (Lipinski definition) is 0. The number of unbranched alkanes of at least 4 members (excludes halogenated alkanes) is 1. The summed E-state index contributed by atoms with van der Waals surface area (Å²) in [5.74, 6) is 1.53. The molecule has 0 radical (unpaired) electrons. The molecule has 2 aliphatic heterocycles. The standard InChI is InChI=1S/C39H40ClN7O3S/c1-4-49-34(48)13-7-8-21-50-45-36(29-10-9-19-41-22-29)28-16-14-27(15-17-28)23-46-20-18-31-33(24-46)51-39-35(31)37(30-11-5-6-12-32(30)40)42-25(2)38-44-43-26(3)47(38)39/h5-6,9-12,14-17,19,22,25H,4,7-8,13,18,20-21,23-24H2,1-3H3/b45-36-. The number of thiophene rings is 1. The number of carbonyl (C=O) groups is 1. The molecule has 262 valence electrons. The third-order valence-electron chi connectivity index (χ3n) is 9.13. The van der Waals surface area contributed by atoms with Gasteiger partial charge in [-0.15, -0.1) is 21.5 Å². The first kappa shape index (κ1) is 34.7. The number of oxime groups is 1. The molecular formula is C39H40ClN7O3S. The van der Waals surface area contributed by atoms with Gasteiger partial charge in [0.1, 0.15) is 29.2 Å². The molecule has 0 fully saturated rings. The number of pyridine rings is 1. The lowest BCUT2D eigenvalue weighted by Gasteiger charge is -2.27. The van der Waals surface area contributed by atoms with E-state index in [2.05, 4.69) is 67.1 Å². The molecule has 0 saturated heterocycles. The lowest BCUT2D eigenvalue weighted by atomic mass is 9.95. The number of fused-ring (bicyclic) bond motifs is 5. The molecule has 0 aliphatic carbocycles. The largest absolute Gasteiger partial charge is 0.466 e. The molecule has 10 nitrogen and oxygen atoms in total. The van der Waals surface area contributed by atoms with Crippen molar-refractivity contribution in [2.45, 2.75) is 65.6 Å². The Morgan fingerprint density at radius 2 is 1.90 bits per heavy atom. The van der Waals surface area contributed by atoms with Gasteiger partial charge in [-0.25, -0.2) is 0 Å². The summed E-state index contributed by atoms with van der Waals surface area (Å²) >= 11 is 8.59. The van der Waals surface area contributed by atoms with Crippen molar-refractivity contribution in [1.82, 2.24) is 24.6 Å². The molecule has 5 aromatic rings. The van der Waals surface area contributed by atoms with E-state index in [1.807, 2.05) is 55.5 Å². The number of ether oxygens (including phenoxy) is 1. The third kappa shape index (κ3) is 7.51. The minimum absolute atomic E-state index is 0.158. The summed E-state index contributed by atoms with van der Waals surface area (Å²) in [6.45, 7) is 9.27. The Balaban J connectivity index is 1.09. The van der Waals surface area contributed by atoms with Crippen LogP contribution in [-0.4, -0.2) is 61.8 Å². The van der Waals surface area contributed by atoms with Crippen molar-refractivity contribution in [1.29, 1.82) is 0 Å². The molecule has 12 heteroatoms. The van der Waals surface area contributed by atoms with Crippen molar-refractivity contribution in [3.8, 4) is 5.00 Å². The number of carbonyl (C=O) groups excluding carboxylic acids is 1. The van der Waals surface area contributed by atoms with Gasteiger partial charge >= 0.3 is 5.97 Å².